The molecule has 0 aromatic heterocycles. The molecule has 0 aliphatic carbocycles. The molecule has 126 valence electrons. The van der Waals surface area contributed by atoms with Crippen LogP contribution in [0.5, 0.6) is 0 Å². The van der Waals surface area contributed by atoms with Crippen molar-refractivity contribution in [2.45, 2.75) is 26.8 Å². The summed E-state index contributed by atoms with van der Waals surface area (Å²) in [6.45, 7) is 6.27. The number of anilines is 1. The Bertz CT molecular complexity index is 696. The lowest BCUT2D eigenvalue weighted by atomic mass is 10.1. The summed E-state index contributed by atoms with van der Waals surface area (Å²) in [6, 6.07) is 15.5. The third-order valence-corrected chi connectivity index (χ3v) is 3.80. The van der Waals surface area contributed by atoms with Crippen LogP contribution in [0.15, 0.2) is 48.5 Å². The average Bonchev–Trinajstić information content (AvgIpc) is 2.56. The molecule has 2 rings (SSSR count). The van der Waals surface area contributed by atoms with Crippen molar-refractivity contribution in [1.82, 2.24) is 5.32 Å². The van der Waals surface area contributed by atoms with Crippen molar-refractivity contribution >= 4 is 29.0 Å². The van der Waals surface area contributed by atoms with Gasteiger partial charge >= 0.3 is 5.97 Å². The number of nitrogens with one attached hydrogen (secondary N) is 2. The normalized spacial score (nSPS) is 11.5. The molecule has 1 atom stereocenters. The molecule has 2 aromatic rings. The minimum Gasteiger partial charge on any atom is -0.462 e. The van der Waals surface area contributed by atoms with Gasteiger partial charge < -0.3 is 15.4 Å². The van der Waals surface area contributed by atoms with E-state index in [0.29, 0.717) is 17.3 Å². The van der Waals surface area contributed by atoms with E-state index in [4.69, 9.17) is 17.0 Å². The standard InChI is InChI=1S/C19H22N2O2S/c1-4-23-18(22)16-9-11-17(12-10-16)21-19(24)20-14(3)15-7-5-13(2)6-8-15/h5-12,14H,4H2,1-3H3,(H2,20,21,24). The first-order valence-corrected chi connectivity index (χ1v) is 8.31. The van der Waals surface area contributed by atoms with Gasteiger partial charge in [-0.1, -0.05) is 29.8 Å². The molecule has 0 heterocycles. The van der Waals surface area contributed by atoms with E-state index in [1.54, 1.807) is 31.2 Å². The molecule has 0 saturated heterocycles. The minimum absolute atomic E-state index is 0.101. The molecular formula is C19H22N2O2S. The van der Waals surface area contributed by atoms with Gasteiger partial charge in [-0.25, -0.2) is 4.79 Å². The van der Waals surface area contributed by atoms with E-state index < -0.39 is 0 Å². The lowest BCUT2D eigenvalue weighted by Crippen LogP contribution is -2.30. The minimum atomic E-state index is -0.322. The highest BCUT2D eigenvalue weighted by atomic mass is 32.1. The highest BCUT2D eigenvalue weighted by Gasteiger charge is 2.08. The lowest BCUT2D eigenvalue weighted by molar-refractivity contribution is 0.0526. The Morgan fingerprint density at radius 2 is 1.75 bits per heavy atom. The van der Waals surface area contributed by atoms with Crippen molar-refractivity contribution in [2.24, 2.45) is 0 Å². The summed E-state index contributed by atoms with van der Waals surface area (Å²) in [5.41, 5.74) is 3.74. The molecule has 0 fully saturated rings. The van der Waals surface area contributed by atoms with Crippen LogP contribution in [0, 0.1) is 6.92 Å². The fourth-order valence-corrected chi connectivity index (χ4v) is 2.50. The van der Waals surface area contributed by atoms with Crippen LogP contribution in [0.25, 0.3) is 0 Å². The van der Waals surface area contributed by atoms with E-state index in [0.717, 1.165) is 5.69 Å². The summed E-state index contributed by atoms with van der Waals surface area (Å²) in [7, 11) is 0. The van der Waals surface area contributed by atoms with Gasteiger partial charge in [0.2, 0.25) is 0 Å². The summed E-state index contributed by atoms with van der Waals surface area (Å²) >= 11 is 5.35. The number of aryl methyl sites for hydroxylation is 1. The zero-order chi connectivity index (χ0) is 17.5. The first kappa shape index (κ1) is 17.9. The first-order valence-electron chi connectivity index (χ1n) is 7.91. The van der Waals surface area contributed by atoms with Crippen LogP contribution in [0.1, 0.15) is 41.4 Å². The smallest absolute Gasteiger partial charge is 0.338 e. The topological polar surface area (TPSA) is 50.4 Å². The summed E-state index contributed by atoms with van der Waals surface area (Å²) in [5, 5.41) is 6.91. The highest BCUT2D eigenvalue weighted by Crippen LogP contribution is 2.14. The molecule has 0 radical (unpaired) electrons. The summed E-state index contributed by atoms with van der Waals surface area (Å²) in [5.74, 6) is -0.322. The van der Waals surface area contributed by atoms with Gasteiger partial charge in [-0.15, -0.1) is 0 Å². The van der Waals surface area contributed by atoms with Crippen LogP contribution in [0.4, 0.5) is 5.69 Å². The van der Waals surface area contributed by atoms with Crippen molar-refractivity contribution in [2.75, 3.05) is 11.9 Å². The second kappa shape index (κ2) is 8.45. The van der Waals surface area contributed by atoms with Gasteiger partial charge in [-0.2, -0.15) is 0 Å². The number of esters is 1. The van der Waals surface area contributed by atoms with Gasteiger partial charge in [-0.05, 0) is 62.8 Å². The van der Waals surface area contributed by atoms with E-state index in [1.165, 1.54) is 11.1 Å². The Morgan fingerprint density at radius 3 is 2.33 bits per heavy atom. The van der Waals surface area contributed by atoms with Crippen LogP contribution in [-0.2, 0) is 4.74 Å². The predicted molar refractivity (Wildman–Crippen MR) is 101 cm³/mol. The fourth-order valence-electron chi connectivity index (χ4n) is 2.21. The van der Waals surface area contributed by atoms with Gasteiger partial charge in [0.1, 0.15) is 0 Å². The Balaban J connectivity index is 1.92. The molecule has 24 heavy (non-hydrogen) atoms. The van der Waals surface area contributed by atoms with E-state index in [9.17, 15) is 4.79 Å². The monoisotopic (exact) mass is 342 g/mol. The van der Waals surface area contributed by atoms with Crippen molar-refractivity contribution in [3.05, 3.63) is 65.2 Å². The van der Waals surface area contributed by atoms with Crippen LogP contribution in [0.2, 0.25) is 0 Å². The number of carbonyl (C=O) groups excluding carboxylic acids is 1. The Morgan fingerprint density at radius 1 is 1.12 bits per heavy atom. The Labute approximate surface area is 148 Å². The van der Waals surface area contributed by atoms with E-state index in [2.05, 4.69) is 48.7 Å². The molecule has 5 heteroatoms. The lowest BCUT2D eigenvalue weighted by Gasteiger charge is -2.17. The third kappa shape index (κ3) is 5.06. The molecule has 0 spiro atoms. The number of carbonyl (C=O) groups is 1. The van der Waals surface area contributed by atoms with Crippen LogP contribution in [-0.4, -0.2) is 17.7 Å². The fraction of sp³-hybridized carbons (Fsp3) is 0.263. The number of ether oxygens (including phenoxy) is 1. The Hall–Kier alpha value is -2.40. The molecule has 1 unspecified atom stereocenters. The van der Waals surface area contributed by atoms with Gasteiger partial charge in [-0.3, -0.25) is 0 Å². The summed E-state index contributed by atoms with van der Waals surface area (Å²) < 4.78 is 4.96. The van der Waals surface area contributed by atoms with Crippen molar-refractivity contribution in [3.63, 3.8) is 0 Å². The van der Waals surface area contributed by atoms with Crippen molar-refractivity contribution in [1.29, 1.82) is 0 Å². The van der Waals surface area contributed by atoms with Crippen molar-refractivity contribution in [3.8, 4) is 0 Å². The van der Waals surface area contributed by atoms with Crippen LogP contribution >= 0.6 is 12.2 Å². The van der Waals surface area contributed by atoms with Gasteiger partial charge in [0.05, 0.1) is 18.2 Å². The number of hydrogen-bond donors (Lipinski definition) is 2. The van der Waals surface area contributed by atoms with E-state index >= 15 is 0 Å². The maximum Gasteiger partial charge on any atom is 0.338 e. The quantitative estimate of drug-likeness (QED) is 0.629. The molecule has 0 saturated carbocycles. The molecule has 0 aliphatic rings. The summed E-state index contributed by atoms with van der Waals surface area (Å²) in [6.07, 6.45) is 0. The zero-order valence-corrected chi connectivity index (χ0v) is 14.9. The second-order valence-corrected chi connectivity index (χ2v) is 5.94. The number of thiocarbonyl (C=S) groups is 1. The largest absolute Gasteiger partial charge is 0.462 e. The van der Waals surface area contributed by atoms with Crippen LogP contribution < -0.4 is 10.6 Å². The zero-order valence-electron chi connectivity index (χ0n) is 14.1. The highest BCUT2D eigenvalue weighted by molar-refractivity contribution is 7.80. The molecule has 2 aromatic carbocycles. The maximum atomic E-state index is 11.6. The average molecular weight is 342 g/mol. The molecule has 2 N–H and O–H groups in total. The van der Waals surface area contributed by atoms with Gasteiger partial charge in [0.25, 0.3) is 0 Å². The number of hydrogen-bond acceptors (Lipinski definition) is 3. The van der Waals surface area contributed by atoms with Crippen molar-refractivity contribution < 1.29 is 9.53 Å². The molecule has 0 aliphatic heterocycles. The van der Waals surface area contributed by atoms with Gasteiger partial charge in [0.15, 0.2) is 5.11 Å². The van der Waals surface area contributed by atoms with E-state index in [1.807, 2.05) is 0 Å². The third-order valence-electron chi connectivity index (χ3n) is 3.58. The maximum absolute atomic E-state index is 11.6. The Kier molecular flexibility index (Phi) is 6.32. The molecule has 0 bridgehead atoms. The molecule has 4 nitrogen and oxygen atoms in total. The SMILES string of the molecule is CCOC(=O)c1ccc(NC(=S)NC(C)c2ccc(C)cc2)cc1. The van der Waals surface area contributed by atoms with Crippen LogP contribution in [0.3, 0.4) is 0 Å². The molecular weight excluding hydrogens is 320 g/mol. The second-order valence-electron chi connectivity index (χ2n) is 5.53. The van der Waals surface area contributed by atoms with Gasteiger partial charge in [0, 0.05) is 5.69 Å². The summed E-state index contributed by atoms with van der Waals surface area (Å²) in [4.78, 5) is 11.6. The van der Waals surface area contributed by atoms with E-state index in [-0.39, 0.29) is 12.0 Å². The molecule has 0 amide bonds. The number of benzene rings is 2. The predicted octanol–water partition coefficient (Wildman–Crippen LogP) is 4.22. The first-order chi connectivity index (χ1) is 11.5. The number of rotatable bonds is 5.